The molecule has 0 unspecified atom stereocenters. The van der Waals surface area contributed by atoms with Crippen LogP contribution in [0.4, 0.5) is 0 Å². The van der Waals surface area contributed by atoms with E-state index in [9.17, 15) is 13.2 Å². The number of carbonyl (C=O) groups is 1. The molecule has 0 spiro atoms. The molecular weight excluding hydrogens is 228 g/mol. The van der Waals surface area contributed by atoms with Crippen LogP contribution >= 0.6 is 0 Å². The summed E-state index contributed by atoms with van der Waals surface area (Å²) >= 11 is 0. The molecule has 0 amide bonds. The highest BCUT2D eigenvalue weighted by Gasteiger charge is 2.51. The molecule has 0 aromatic carbocycles. The molecule has 0 N–H and O–H groups in total. The fraction of sp³-hybridized carbons (Fsp3) is 0.727. The first-order valence-corrected chi connectivity index (χ1v) is 7.17. The largest absolute Gasteiger partial charge is 0.461 e. The molecule has 0 saturated carbocycles. The zero-order valence-corrected chi connectivity index (χ0v) is 10.3. The number of fused-ring (bicyclic) bond motifs is 1. The van der Waals surface area contributed by atoms with Gasteiger partial charge in [-0.3, -0.25) is 4.79 Å². The van der Waals surface area contributed by atoms with Crippen molar-refractivity contribution in [2.24, 2.45) is 5.41 Å². The molecule has 0 aromatic heterocycles. The molecule has 3 atom stereocenters. The number of ether oxygens (including phenoxy) is 1. The number of cyclic esters (lactones) is 1. The van der Waals surface area contributed by atoms with E-state index in [2.05, 4.69) is 0 Å². The van der Waals surface area contributed by atoms with Crippen LogP contribution in [0.1, 0.15) is 26.7 Å². The van der Waals surface area contributed by atoms with Gasteiger partial charge in [-0.2, -0.15) is 0 Å². The molecule has 1 heterocycles. The van der Waals surface area contributed by atoms with Crippen molar-refractivity contribution >= 4 is 15.8 Å². The normalized spacial score (nSPS) is 42.0. The van der Waals surface area contributed by atoms with Crippen LogP contribution in [0.15, 0.2) is 12.2 Å². The molecule has 2 aliphatic rings. The Bertz CT molecular complexity index is 437. The monoisotopic (exact) mass is 244 g/mol. The van der Waals surface area contributed by atoms with Gasteiger partial charge in [-0.15, -0.1) is 0 Å². The highest BCUT2D eigenvalue weighted by molar-refractivity contribution is 7.92. The van der Waals surface area contributed by atoms with Crippen LogP contribution in [0.2, 0.25) is 0 Å². The lowest BCUT2D eigenvalue weighted by molar-refractivity contribution is -0.158. The lowest BCUT2D eigenvalue weighted by Crippen LogP contribution is -2.43. The molecule has 0 aromatic rings. The van der Waals surface area contributed by atoms with E-state index in [-0.39, 0.29) is 11.7 Å². The lowest BCUT2D eigenvalue weighted by atomic mass is 9.78. The van der Waals surface area contributed by atoms with E-state index < -0.39 is 26.6 Å². The number of sulfone groups is 1. The first-order valence-electron chi connectivity index (χ1n) is 5.45. The molecule has 0 bridgehead atoms. The molecule has 90 valence electrons. The van der Waals surface area contributed by atoms with E-state index in [1.165, 1.54) is 0 Å². The summed E-state index contributed by atoms with van der Waals surface area (Å²) in [7, 11) is -3.29. The molecule has 0 radical (unpaired) electrons. The van der Waals surface area contributed by atoms with Gasteiger partial charge >= 0.3 is 5.97 Å². The Labute approximate surface area is 95.6 Å². The van der Waals surface area contributed by atoms with Crippen molar-refractivity contribution in [2.45, 2.75) is 38.0 Å². The van der Waals surface area contributed by atoms with Crippen LogP contribution in [0, 0.1) is 5.41 Å². The summed E-state index contributed by atoms with van der Waals surface area (Å²) in [5.74, 6) is -0.459. The first-order chi connectivity index (χ1) is 7.36. The van der Waals surface area contributed by atoms with Crippen LogP contribution in [-0.4, -0.2) is 31.5 Å². The lowest BCUT2D eigenvalue weighted by Gasteiger charge is -2.33. The van der Waals surface area contributed by atoms with Gasteiger partial charge in [0.15, 0.2) is 9.84 Å². The van der Waals surface area contributed by atoms with Crippen molar-refractivity contribution in [3.8, 4) is 0 Å². The molecule has 5 heteroatoms. The van der Waals surface area contributed by atoms with Gasteiger partial charge in [0.05, 0.1) is 16.4 Å². The Morgan fingerprint density at radius 1 is 1.50 bits per heavy atom. The smallest absolute Gasteiger partial charge is 0.313 e. The number of hydrogen-bond donors (Lipinski definition) is 0. The highest BCUT2D eigenvalue weighted by atomic mass is 32.2. The molecule has 1 aliphatic heterocycles. The van der Waals surface area contributed by atoms with E-state index in [4.69, 9.17) is 4.74 Å². The maximum Gasteiger partial charge on any atom is 0.313 e. The van der Waals surface area contributed by atoms with E-state index >= 15 is 0 Å². The Balaban J connectivity index is 2.53. The standard InChI is InChI=1S/C11H16O4S/c1-8-7-16(13,14)9-5-3-4-6-11(9,2)10(12)15-8/h3,5,8-9H,4,6-7H2,1-2H3/t8-,9+,11-/m0/s1. The molecule has 16 heavy (non-hydrogen) atoms. The maximum atomic E-state index is 12.1. The summed E-state index contributed by atoms with van der Waals surface area (Å²) in [6, 6.07) is 0. The van der Waals surface area contributed by atoms with Gasteiger partial charge in [-0.05, 0) is 26.7 Å². The van der Waals surface area contributed by atoms with Crippen molar-refractivity contribution in [1.29, 1.82) is 0 Å². The third-order valence-corrected chi connectivity index (χ3v) is 5.78. The summed E-state index contributed by atoms with van der Waals surface area (Å²) < 4.78 is 29.4. The number of carbonyl (C=O) groups excluding carboxylic acids is 1. The fourth-order valence-electron chi connectivity index (χ4n) is 2.47. The zero-order valence-electron chi connectivity index (χ0n) is 9.47. The van der Waals surface area contributed by atoms with Crippen molar-refractivity contribution in [1.82, 2.24) is 0 Å². The average molecular weight is 244 g/mol. The van der Waals surface area contributed by atoms with Crippen LogP contribution in [0.3, 0.4) is 0 Å². The Morgan fingerprint density at radius 2 is 2.19 bits per heavy atom. The van der Waals surface area contributed by atoms with Crippen molar-refractivity contribution in [2.75, 3.05) is 5.75 Å². The predicted octanol–water partition coefficient (Wildman–Crippen LogP) is 1.07. The molecule has 1 fully saturated rings. The van der Waals surface area contributed by atoms with E-state index in [0.717, 1.165) is 6.42 Å². The predicted molar refractivity (Wildman–Crippen MR) is 59.6 cm³/mol. The summed E-state index contributed by atoms with van der Waals surface area (Å²) in [6.07, 6.45) is 4.21. The highest BCUT2D eigenvalue weighted by Crippen LogP contribution is 2.40. The summed E-state index contributed by atoms with van der Waals surface area (Å²) in [4.78, 5) is 11.9. The van der Waals surface area contributed by atoms with Crippen molar-refractivity contribution in [3.05, 3.63) is 12.2 Å². The molecule has 2 rings (SSSR count). The fourth-order valence-corrected chi connectivity index (χ4v) is 4.76. The second kappa shape index (κ2) is 3.58. The van der Waals surface area contributed by atoms with Gasteiger partial charge in [0, 0.05) is 0 Å². The van der Waals surface area contributed by atoms with E-state index in [1.807, 2.05) is 6.08 Å². The van der Waals surface area contributed by atoms with E-state index in [0.29, 0.717) is 6.42 Å². The van der Waals surface area contributed by atoms with Crippen LogP contribution in [-0.2, 0) is 19.4 Å². The second-order valence-corrected chi connectivity index (χ2v) is 7.02. The number of esters is 1. The minimum Gasteiger partial charge on any atom is -0.461 e. The molecular formula is C11H16O4S. The molecule has 4 nitrogen and oxygen atoms in total. The van der Waals surface area contributed by atoms with Gasteiger partial charge in [0.25, 0.3) is 0 Å². The topological polar surface area (TPSA) is 60.4 Å². The summed E-state index contributed by atoms with van der Waals surface area (Å²) in [5.41, 5.74) is -0.904. The number of rotatable bonds is 0. The van der Waals surface area contributed by atoms with Gasteiger partial charge < -0.3 is 4.74 Å². The average Bonchev–Trinajstić information content (AvgIpc) is 2.21. The third-order valence-electron chi connectivity index (χ3n) is 3.40. The number of allylic oxidation sites excluding steroid dienone is 1. The quantitative estimate of drug-likeness (QED) is 0.472. The van der Waals surface area contributed by atoms with Gasteiger partial charge in [-0.25, -0.2) is 8.42 Å². The van der Waals surface area contributed by atoms with Gasteiger partial charge in [0.2, 0.25) is 0 Å². The molecule has 1 aliphatic carbocycles. The van der Waals surface area contributed by atoms with Crippen molar-refractivity contribution in [3.63, 3.8) is 0 Å². The maximum absolute atomic E-state index is 12.1. The van der Waals surface area contributed by atoms with Gasteiger partial charge in [-0.1, -0.05) is 12.2 Å². The minimum absolute atomic E-state index is 0.0800. The Hall–Kier alpha value is -0.840. The van der Waals surface area contributed by atoms with Crippen LogP contribution < -0.4 is 0 Å². The number of hydrogen-bond acceptors (Lipinski definition) is 4. The molecule has 1 saturated heterocycles. The minimum atomic E-state index is -3.29. The SMILES string of the molecule is C[C@H]1CS(=O)(=O)[C@@H]2C=CCC[C@]2(C)C(=O)O1. The Kier molecular flexibility index (Phi) is 2.61. The van der Waals surface area contributed by atoms with Crippen LogP contribution in [0.25, 0.3) is 0 Å². The summed E-state index contributed by atoms with van der Waals surface area (Å²) in [5, 5.41) is -0.716. The third kappa shape index (κ3) is 1.67. The van der Waals surface area contributed by atoms with Gasteiger partial charge in [0.1, 0.15) is 6.10 Å². The van der Waals surface area contributed by atoms with Crippen molar-refractivity contribution < 1.29 is 17.9 Å². The summed E-state index contributed by atoms with van der Waals surface area (Å²) in [6.45, 7) is 3.32. The zero-order chi connectivity index (χ0) is 12.0. The van der Waals surface area contributed by atoms with Crippen LogP contribution in [0.5, 0.6) is 0 Å². The Morgan fingerprint density at radius 3 is 2.88 bits per heavy atom. The second-order valence-electron chi connectivity index (χ2n) is 4.85. The van der Waals surface area contributed by atoms with E-state index in [1.54, 1.807) is 19.9 Å². The first kappa shape index (κ1) is 11.6.